The number of hydrogen-bond acceptors (Lipinski definition) is 8. The van der Waals surface area contributed by atoms with E-state index in [1.54, 1.807) is 12.3 Å². The van der Waals surface area contributed by atoms with Gasteiger partial charge in [0.1, 0.15) is 22.3 Å². The molecule has 0 saturated carbocycles. The highest BCUT2D eigenvalue weighted by molar-refractivity contribution is 8.26. The highest BCUT2D eigenvalue weighted by atomic mass is 32.2. The van der Waals surface area contributed by atoms with Crippen LogP contribution in [0.5, 0.6) is 0 Å². The van der Waals surface area contributed by atoms with Crippen molar-refractivity contribution in [1.29, 1.82) is 0 Å². The van der Waals surface area contributed by atoms with Gasteiger partial charge in [-0.25, -0.2) is 4.98 Å². The summed E-state index contributed by atoms with van der Waals surface area (Å²) in [6, 6.07) is 3.65. The van der Waals surface area contributed by atoms with Crippen LogP contribution in [0.4, 0.5) is 5.82 Å². The van der Waals surface area contributed by atoms with Gasteiger partial charge in [-0.15, -0.1) is 0 Å². The number of thiocarbonyl (C=S) groups is 1. The molecule has 2 aliphatic rings. The maximum Gasteiger partial charge on any atom is 0.323 e. The fraction of sp³-hybridized carbons (Fsp3) is 0.381. The van der Waals surface area contributed by atoms with Crippen LogP contribution in [-0.4, -0.2) is 67.4 Å². The molecule has 2 aromatic rings. The zero-order chi connectivity index (χ0) is 23.2. The second kappa shape index (κ2) is 8.64. The van der Waals surface area contributed by atoms with Gasteiger partial charge in [0.25, 0.3) is 11.5 Å². The second-order valence-electron chi connectivity index (χ2n) is 7.86. The van der Waals surface area contributed by atoms with Crippen LogP contribution in [0.1, 0.15) is 25.0 Å². The Bertz CT molecular complexity index is 1210. The molecule has 11 heteroatoms. The number of thioether (sulfide) groups is 1. The summed E-state index contributed by atoms with van der Waals surface area (Å²) in [5.74, 6) is -1.23. The number of amides is 1. The number of nitrogens with zero attached hydrogens (tertiary/aromatic N) is 4. The van der Waals surface area contributed by atoms with Gasteiger partial charge in [0.05, 0.1) is 22.7 Å². The smallest absolute Gasteiger partial charge is 0.323 e. The van der Waals surface area contributed by atoms with Crippen LogP contribution < -0.4 is 10.5 Å². The number of carbonyl (C=O) groups excluding carboxylic acids is 1. The first-order chi connectivity index (χ1) is 15.2. The maximum atomic E-state index is 13.5. The first-order valence-corrected chi connectivity index (χ1v) is 11.3. The Morgan fingerprint density at radius 2 is 2.03 bits per heavy atom. The lowest BCUT2D eigenvalue weighted by atomic mass is 10.1. The Balaban J connectivity index is 1.88. The van der Waals surface area contributed by atoms with Gasteiger partial charge in [0.15, 0.2) is 0 Å². The summed E-state index contributed by atoms with van der Waals surface area (Å²) in [5, 5.41) is 9.07. The maximum absolute atomic E-state index is 13.5. The van der Waals surface area contributed by atoms with E-state index in [1.807, 2.05) is 31.7 Å². The average molecular weight is 475 g/mol. The minimum atomic E-state index is -1.16. The molecule has 0 spiro atoms. The van der Waals surface area contributed by atoms with Crippen LogP contribution in [0.15, 0.2) is 28.0 Å². The fourth-order valence-corrected chi connectivity index (χ4v) is 5.16. The van der Waals surface area contributed by atoms with Crippen molar-refractivity contribution in [3.8, 4) is 0 Å². The Morgan fingerprint density at radius 3 is 2.69 bits per heavy atom. The number of fused-ring (bicyclic) bond motifs is 1. The van der Waals surface area contributed by atoms with Crippen molar-refractivity contribution >= 4 is 57.7 Å². The number of carbonyl (C=O) groups is 2. The molecule has 4 heterocycles. The third-order valence-electron chi connectivity index (χ3n) is 5.23. The van der Waals surface area contributed by atoms with Gasteiger partial charge in [0, 0.05) is 19.3 Å². The number of carboxylic acids is 1. The third-order valence-corrected chi connectivity index (χ3v) is 6.60. The SMILES string of the molecule is Cc1cccn2c(=O)c(/C=C3/SC(=S)N(CC(=O)O)C3=O)c(N3CC(C)OC(C)C3)nc12. The van der Waals surface area contributed by atoms with Gasteiger partial charge in [-0.3, -0.25) is 23.7 Å². The molecule has 2 atom stereocenters. The molecular weight excluding hydrogens is 452 g/mol. The fourth-order valence-electron chi connectivity index (χ4n) is 3.92. The molecule has 168 valence electrons. The number of aliphatic carboxylic acids is 1. The van der Waals surface area contributed by atoms with E-state index >= 15 is 0 Å². The van der Waals surface area contributed by atoms with Crippen LogP contribution in [-0.2, 0) is 14.3 Å². The second-order valence-corrected chi connectivity index (χ2v) is 9.54. The van der Waals surface area contributed by atoms with E-state index in [4.69, 9.17) is 27.0 Å². The van der Waals surface area contributed by atoms with E-state index in [9.17, 15) is 14.4 Å². The molecule has 2 aromatic heterocycles. The van der Waals surface area contributed by atoms with Crippen LogP contribution in [0.25, 0.3) is 11.7 Å². The van der Waals surface area contributed by atoms with Gasteiger partial charge in [-0.05, 0) is 38.5 Å². The molecule has 4 rings (SSSR count). The lowest BCUT2D eigenvalue weighted by Gasteiger charge is -2.36. The molecule has 2 fully saturated rings. The largest absolute Gasteiger partial charge is 0.480 e. The molecule has 0 radical (unpaired) electrons. The van der Waals surface area contributed by atoms with E-state index in [1.165, 1.54) is 10.5 Å². The molecule has 0 aliphatic carbocycles. The van der Waals surface area contributed by atoms with Crippen molar-refractivity contribution in [3.05, 3.63) is 44.7 Å². The van der Waals surface area contributed by atoms with E-state index < -0.39 is 18.4 Å². The van der Waals surface area contributed by atoms with Crippen LogP contribution in [0, 0.1) is 6.92 Å². The average Bonchev–Trinajstić information content (AvgIpc) is 2.96. The standard InChI is InChI=1S/C21H22N4O5S2/c1-11-5-4-6-24-17(11)22-18(23-8-12(2)30-13(3)9-23)14(19(24)28)7-15-20(29)25(10-16(26)27)21(31)32-15/h4-7,12-13H,8-10H2,1-3H3,(H,26,27)/b15-7+. The summed E-state index contributed by atoms with van der Waals surface area (Å²) < 4.78 is 7.43. The first-order valence-electron chi connectivity index (χ1n) is 10.0. The minimum Gasteiger partial charge on any atom is -0.480 e. The number of carboxylic acid groups (broad SMARTS) is 1. The summed E-state index contributed by atoms with van der Waals surface area (Å²) in [6.07, 6.45) is 3.00. The van der Waals surface area contributed by atoms with Crippen LogP contribution in [0.3, 0.4) is 0 Å². The molecule has 1 N–H and O–H groups in total. The number of ether oxygens (including phenoxy) is 1. The van der Waals surface area contributed by atoms with Crippen molar-refractivity contribution in [2.45, 2.75) is 33.0 Å². The van der Waals surface area contributed by atoms with Crippen molar-refractivity contribution in [2.75, 3.05) is 24.5 Å². The summed E-state index contributed by atoms with van der Waals surface area (Å²) in [5.41, 5.74) is 1.32. The van der Waals surface area contributed by atoms with E-state index in [0.717, 1.165) is 22.2 Å². The van der Waals surface area contributed by atoms with Crippen molar-refractivity contribution < 1.29 is 19.4 Å². The Hall–Kier alpha value is -2.76. The minimum absolute atomic E-state index is 0.0579. The number of aryl methyl sites for hydroxylation is 1. The summed E-state index contributed by atoms with van der Waals surface area (Å²) in [7, 11) is 0. The molecule has 32 heavy (non-hydrogen) atoms. The Labute approximate surface area is 193 Å². The van der Waals surface area contributed by atoms with Crippen molar-refractivity contribution in [2.24, 2.45) is 0 Å². The zero-order valence-electron chi connectivity index (χ0n) is 17.8. The van der Waals surface area contributed by atoms with Crippen LogP contribution >= 0.6 is 24.0 Å². The van der Waals surface area contributed by atoms with Gasteiger partial charge in [-0.2, -0.15) is 0 Å². The van der Waals surface area contributed by atoms with E-state index in [2.05, 4.69) is 0 Å². The van der Waals surface area contributed by atoms with Gasteiger partial charge < -0.3 is 14.7 Å². The summed E-state index contributed by atoms with van der Waals surface area (Å²) in [6.45, 7) is 6.35. The Kier molecular flexibility index (Phi) is 6.06. The molecule has 9 nitrogen and oxygen atoms in total. The lowest BCUT2D eigenvalue weighted by Crippen LogP contribution is -2.46. The van der Waals surface area contributed by atoms with Gasteiger partial charge in [0.2, 0.25) is 0 Å². The Morgan fingerprint density at radius 1 is 1.34 bits per heavy atom. The molecule has 0 bridgehead atoms. The summed E-state index contributed by atoms with van der Waals surface area (Å²) >= 11 is 6.16. The number of aromatic nitrogens is 2. The van der Waals surface area contributed by atoms with E-state index in [0.29, 0.717) is 24.6 Å². The number of pyridine rings is 1. The predicted octanol–water partition coefficient (Wildman–Crippen LogP) is 1.90. The number of rotatable bonds is 4. The summed E-state index contributed by atoms with van der Waals surface area (Å²) in [4.78, 5) is 45.4. The molecule has 2 aliphatic heterocycles. The number of anilines is 1. The van der Waals surface area contributed by atoms with Gasteiger partial charge >= 0.3 is 5.97 Å². The molecule has 2 unspecified atom stereocenters. The number of hydrogen-bond donors (Lipinski definition) is 1. The van der Waals surface area contributed by atoms with Gasteiger partial charge in [-0.1, -0.05) is 30.0 Å². The third kappa shape index (κ3) is 4.15. The van der Waals surface area contributed by atoms with E-state index in [-0.39, 0.29) is 32.6 Å². The quantitative estimate of drug-likeness (QED) is 0.525. The molecule has 0 aromatic carbocycles. The zero-order valence-corrected chi connectivity index (χ0v) is 19.4. The molecule has 1 amide bonds. The topological polar surface area (TPSA) is 104 Å². The molecule has 2 saturated heterocycles. The highest BCUT2D eigenvalue weighted by Crippen LogP contribution is 2.33. The number of morpholine rings is 1. The predicted molar refractivity (Wildman–Crippen MR) is 126 cm³/mol. The lowest BCUT2D eigenvalue weighted by molar-refractivity contribution is -0.140. The van der Waals surface area contributed by atoms with Crippen molar-refractivity contribution in [1.82, 2.24) is 14.3 Å². The highest BCUT2D eigenvalue weighted by Gasteiger charge is 2.34. The van der Waals surface area contributed by atoms with Crippen LogP contribution in [0.2, 0.25) is 0 Å². The van der Waals surface area contributed by atoms with Crippen molar-refractivity contribution in [3.63, 3.8) is 0 Å². The normalized spacial score (nSPS) is 22.9. The first kappa shape index (κ1) is 22.4. The monoisotopic (exact) mass is 474 g/mol. The molecular formula is C21H22N4O5S2.